The predicted molar refractivity (Wildman–Crippen MR) is 223 cm³/mol. The van der Waals surface area contributed by atoms with E-state index in [1.165, 1.54) is 47.9 Å². The van der Waals surface area contributed by atoms with Crippen LogP contribution < -0.4 is 9.47 Å². The van der Waals surface area contributed by atoms with Crippen LogP contribution in [-0.4, -0.2) is 68.2 Å². The Hall–Kier alpha value is -4.66. The van der Waals surface area contributed by atoms with E-state index in [2.05, 4.69) is 110 Å². The molecule has 3 aromatic carbocycles. The molecule has 4 bridgehead atoms. The number of benzene rings is 3. The minimum atomic E-state index is -0.233. The van der Waals surface area contributed by atoms with Crippen molar-refractivity contribution >= 4 is 32.6 Å². The lowest BCUT2D eigenvalue weighted by atomic mass is 9.72. The monoisotopic (exact) mass is 746 g/mol. The first-order chi connectivity index (χ1) is 27.4. The second-order valence-corrected chi connectivity index (χ2v) is 17.3. The van der Waals surface area contributed by atoms with Gasteiger partial charge in [-0.3, -0.25) is 19.8 Å². The molecule has 56 heavy (non-hydrogen) atoms. The molecule has 0 radical (unpaired) electrons. The maximum absolute atomic E-state index is 7.30. The van der Waals surface area contributed by atoms with Gasteiger partial charge in [-0.15, -0.1) is 10.2 Å². The summed E-state index contributed by atoms with van der Waals surface area (Å²) in [5, 5.41) is 14.0. The Morgan fingerprint density at radius 2 is 1.07 bits per heavy atom. The van der Waals surface area contributed by atoms with E-state index in [0.29, 0.717) is 23.6 Å². The van der Waals surface area contributed by atoms with Crippen molar-refractivity contribution in [3.05, 3.63) is 107 Å². The van der Waals surface area contributed by atoms with Crippen molar-refractivity contribution in [2.75, 3.05) is 26.2 Å². The van der Waals surface area contributed by atoms with E-state index < -0.39 is 0 Å². The lowest BCUT2D eigenvalue weighted by Gasteiger charge is -2.52. The highest BCUT2D eigenvalue weighted by Gasteiger charge is 2.46. The number of pyridine rings is 2. The number of rotatable bonds is 10. The fourth-order valence-electron chi connectivity index (χ4n) is 11.1. The Balaban J connectivity index is 1.06. The molecule has 6 fully saturated rings. The average molecular weight is 747 g/mol. The van der Waals surface area contributed by atoms with Crippen LogP contribution in [0.5, 0.6) is 11.8 Å². The zero-order chi connectivity index (χ0) is 37.9. The lowest BCUT2D eigenvalue weighted by molar-refractivity contribution is -0.0505. The van der Waals surface area contributed by atoms with Gasteiger partial charge in [-0.25, -0.2) is 0 Å². The SMILES string of the molecule is CCC1CN2CCC1CC2[C@H](Oc1nnc(O[C@H](c2ccnc3ccc(C)cc23)C2C[C@H]3CCN2CC3CC)c2ccccc12)c1ccnc2ccc(C)cc12. The molecule has 10 atom stereocenters. The summed E-state index contributed by atoms with van der Waals surface area (Å²) in [5.41, 5.74) is 6.75. The molecule has 6 aliphatic heterocycles. The first kappa shape index (κ1) is 35.7. The van der Waals surface area contributed by atoms with Crippen LogP contribution in [-0.2, 0) is 0 Å². The number of fused-ring (bicyclic) bond motifs is 9. The van der Waals surface area contributed by atoms with Crippen LogP contribution in [0.1, 0.15) is 86.8 Å². The third-order valence-corrected chi connectivity index (χ3v) is 14.2. The van der Waals surface area contributed by atoms with Crippen molar-refractivity contribution < 1.29 is 9.47 Å². The Labute approximate surface area is 330 Å². The van der Waals surface area contributed by atoms with Crippen molar-refractivity contribution in [1.29, 1.82) is 0 Å². The standard InChI is InChI=1S/C48H54N6O2/c1-5-31-27-53-21-17-33(31)25-43(53)45(35-15-19-49-41-13-11-29(3)23-39(35)41)55-47-37-9-7-8-10-38(37)48(52-51-47)56-46(44-26-34-18-22-54(44)28-32(34)6-2)36-16-20-50-42-14-12-30(4)24-40(36)42/h7-16,19-20,23-24,31-34,43-46H,5-6,17-18,21-22,25-28H2,1-4H3/t31?,32?,33-,34?,43?,44?,45-,46-/m1/s1. The van der Waals surface area contributed by atoms with Crippen LogP contribution in [0.25, 0.3) is 32.6 Å². The van der Waals surface area contributed by atoms with Gasteiger partial charge in [0.25, 0.3) is 0 Å². The largest absolute Gasteiger partial charge is 0.466 e. The lowest BCUT2D eigenvalue weighted by Crippen LogP contribution is -2.56. The molecule has 9 heterocycles. The van der Waals surface area contributed by atoms with Gasteiger partial charge >= 0.3 is 0 Å². The number of hydrogen-bond acceptors (Lipinski definition) is 8. The Kier molecular flexibility index (Phi) is 9.37. The summed E-state index contributed by atoms with van der Waals surface area (Å²) in [6, 6.07) is 26.3. The maximum Gasteiger partial charge on any atom is 0.242 e. The van der Waals surface area contributed by atoms with E-state index in [1.54, 1.807) is 0 Å². The molecule has 8 heteroatoms. The summed E-state index contributed by atoms with van der Waals surface area (Å²) in [5.74, 6) is 4.01. The number of ether oxygens (including phenoxy) is 2. The van der Waals surface area contributed by atoms with E-state index >= 15 is 0 Å². The van der Waals surface area contributed by atoms with Crippen molar-refractivity contribution in [2.24, 2.45) is 23.7 Å². The van der Waals surface area contributed by atoms with Gasteiger partial charge in [0.2, 0.25) is 11.8 Å². The molecule has 7 unspecified atom stereocenters. The second-order valence-electron chi connectivity index (χ2n) is 17.3. The zero-order valence-corrected chi connectivity index (χ0v) is 33.3. The third kappa shape index (κ3) is 6.29. The average Bonchev–Trinajstić information content (AvgIpc) is 3.25. The Morgan fingerprint density at radius 3 is 1.48 bits per heavy atom. The van der Waals surface area contributed by atoms with Crippen LogP contribution >= 0.6 is 0 Å². The second kappa shape index (κ2) is 14.7. The topological polar surface area (TPSA) is 76.5 Å². The minimum absolute atomic E-state index is 0.231. The fourth-order valence-corrected chi connectivity index (χ4v) is 11.1. The van der Waals surface area contributed by atoms with Crippen LogP contribution in [0, 0.1) is 37.5 Å². The normalized spacial score (nSPS) is 28.1. The highest BCUT2D eigenvalue weighted by atomic mass is 16.5. The van der Waals surface area contributed by atoms with Gasteiger partial charge in [0.15, 0.2) is 0 Å². The quantitative estimate of drug-likeness (QED) is 0.137. The van der Waals surface area contributed by atoms with Gasteiger partial charge in [0.05, 0.1) is 33.9 Å². The number of piperidine rings is 6. The number of aryl methyl sites for hydroxylation is 2. The van der Waals surface area contributed by atoms with Gasteiger partial charge < -0.3 is 9.47 Å². The molecular weight excluding hydrogens is 693 g/mol. The Morgan fingerprint density at radius 1 is 0.607 bits per heavy atom. The number of aromatic nitrogens is 4. The predicted octanol–water partition coefficient (Wildman–Crippen LogP) is 9.82. The van der Waals surface area contributed by atoms with Crippen LogP contribution in [0.4, 0.5) is 0 Å². The summed E-state index contributed by atoms with van der Waals surface area (Å²) < 4.78 is 14.6. The summed E-state index contributed by atoms with van der Waals surface area (Å²) in [6.07, 6.45) is 10.6. The molecule has 6 aliphatic rings. The summed E-state index contributed by atoms with van der Waals surface area (Å²) >= 11 is 0. The van der Waals surface area contributed by atoms with Gasteiger partial charge in [-0.2, -0.15) is 0 Å². The molecule has 0 aliphatic carbocycles. The van der Waals surface area contributed by atoms with Crippen LogP contribution in [0.3, 0.4) is 0 Å². The first-order valence-electron chi connectivity index (χ1n) is 21.2. The van der Waals surface area contributed by atoms with Crippen molar-refractivity contribution in [1.82, 2.24) is 30.0 Å². The smallest absolute Gasteiger partial charge is 0.242 e. The number of hydrogen-bond donors (Lipinski definition) is 0. The van der Waals surface area contributed by atoms with Crippen LogP contribution in [0.15, 0.2) is 85.2 Å². The van der Waals surface area contributed by atoms with Crippen molar-refractivity contribution in [3.8, 4) is 11.8 Å². The zero-order valence-electron chi connectivity index (χ0n) is 33.3. The molecule has 12 rings (SSSR count). The van der Waals surface area contributed by atoms with Crippen LogP contribution in [0.2, 0.25) is 0 Å². The highest BCUT2D eigenvalue weighted by molar-refractivity contribution is 5.91. The molecule has 6 aromatic rings. The molecule has 6 saturated heterocycles. The first-order valence-corrected chi connectivity index (χ1v) is 21.2. The van der Waals surface area contributed by atoms with Gasteiger partial charge in [-0.05, 0) is 125 Å². The molecular formula is C48H54N6O2. The molecule has 0 amide bonds. The third-order valence-electron chi connectivity index (χ3n) is 14.2. The summed E-state index contributed by atoms with van der Waals surface area (Å²) in [6.45, 7) is 13.5. The number of nitrogens with zero attached hydrogens (tertiary/aromatic N) is 6. The molecule has 8 nitrogen and oxygen atoms in total. The van der Waals surface area contributed by atoms with Crippen molar-refractivity contribution in [2.45, 2.75) is 90.5 Å². The molecule has 0 N–H and O–H groups in total. The maximum atomic E-state index is 7.30. The molecule has 0 spiro atoms. The Bertz CT molecular complexity index is 2230. The molecule has 288 valence electrons. The minimum Gasteiger partial charge on any atom is -0.466 e. The van der Waals surface area contributed by atoms with Crippen molar-refractivity contribution in [3.63, 3.8) is 0 Å². The highest BCUT2D eigenvalue weighted by Crippen LogP contribution is 2.47. The summed E-state index contributed by atoms with van der Waals surface area (Å²) in [4.78, 5) is 14.9. The van der Waals surface area contributed by atoms with E-state index in [4.69, 9.17) is 29.6 Å². The van der Waals surface area contributed by atoms with Gasteiger partial charge in [0, 0.05) is 47.4 Å². The van der Waals surface area contributed by atoms with E-state index in [1.807, 2.05) is 12.4 Å². The summed E-state index contributed by atoms with van der Waals surface area (Å²) in [7, 11) is 0. The van der Waals surface area contributed by atoms with E-state index in [-0.39, 0.29) is 24.3 Å². The molecule has 0 saturated carbocycles. The fraction of sp³-hybridized carbons (Fsp3) is 0.458. The molecule has 3 aromatic heterocycles. The van der Waals surface area contributed by atoms with Gasteiger partial charge in [0.1, 0.15) is 12.2 Å². The van der Waals surface area contributed by atoms with E-state index in [0.717, 1.165) is 83.4 Å². The van der Waals surface area contributed by atoms with Gasteiger partial charge in [-0.1, -0.05) is 62.1 Å². The van der Waals surface area contributed by atoms with E-state index in [9.17, 15) is 0 Å².